The van der Waals surface area contributed by atoms with Crippen molar-refractivity contribution in [1.82, 2.24) is 4.98 Å². The van der Waals surface area contributed by atoms with Gasteiger partial charge in [-0.2, -0.15) is 9.37 Å². The second-order valence-electron chi connectivity index (χ2n) is 6.82. The summed E-state index contributed by atoms with van der Waals surface area (Å²) in [5, 5.41) is 0.107. The molecular weight excluding hydrogens is 451 g/mol. The molecule has 0 radical (unpaired) electrons. The van der Waals surface area contributed by atoms with E-state index in [1.54, 1.807) is 21.9 Å². The van der Waals surface area contributed by atoms with E-state index in [9.17, 15) is 4.39 Å². The van der Waals surface area contributed by atoms with Crippen molar-refractivity contribution in [2.24, 2.45) is 0 Å². The highest BCUT2D eigenvalue weighted by Gasteiger charge is 2.33. The highest BCUT2D eigenvalue weighted by Crippen LogP contribution is 2.54. The fourth-order valence-electron chi connectivity index (χ4n) is 3.64. The number of fused-ring (bicyclic) bond motifs is 2. The van der Waals surface area contributed by atoms with Crippen LogP contribution < -0.4 is 9.80 Å². The summed E-state index contributed by atoms with van der Waals surface area (Å²) < 4.78 is 36.1. The van der Waals surface area contributed by atoms with Crippen LogP contribution in [0.2, 0.25) is 10.0 Å². The highest BCUT2D eigenvalue weighted by atomic mass is 35.5. The smallest absolute Gasteiger partial charge is 0.235 e. The van der Waals surface area contributed by atoms with Gasteiger partial charge in [0.05, 0.1) is 24.6 Å². The third-order valence-electron chi connectivity index (χ3n) is 5.02. The van der Waals surface area contributed by atoms with Gasteiger partial charge in [-0.1, -0.05) is 47.1 Å². The molecule has 0 spiro atoms. The number of hydrogen-bond acceptors (Lipinski definition) is 5. The molecule has 0 N–H and O–H groups in total. The van der Waals surface area contributed by atoms with Crippen LogP contribution in [-0.4, -0.2) is 31.3 Å². The van der Waals surface area contributed by atoms with E-state index >= 15 is 4.39 Å². The molecule has 1 fully saturated rings. The maximum Gasteiger partial charge on any atom is 0.235 e. The number of nitrogens with zero attached hydrogens (tertiary/aromatic N) is 3. The van der Waals surface area contributed by atoms with Gasteiger partial charge in [-0.05, 0) is 30.3 Å². The molecule has 0 amide bonds. The number of pyridine rings is 1. The Balaban J connectivity index is 1.76. The normalized spacial score (nSPS) is 15.7. The van der Waals surface area contributed by atoms with Gasteiger partial charge in [-0.25, -0.2) is 4.39 Å². The van der Waals surface area contributed by atoms with Gasteiger partial charge >= 0.3 is 0 Å². The van der Waals surface area contributed by atoms with Crippen LogP contribution in [0.25, 0.3) is 0 Å². The van der Waals surface area contributed by atoms with Crippen LogP contribution in [0.4, 0.5) is 31.7 Å². The Labute approximate surface area is 186 Å². The predicted octanol–water partition coefficient (Wildman–Crippen LogP) is 6.44. The number of rotatable bonds is 2. The molecule has 0 aliphatic carbocycles. The average molecular weight is 466 g/mol. The molecule has 1 saturated heterocycles. The molecule has 3 aromatic rings. The first-order chi connectivity index (χ1) is 14.5. The number of halogens is 4. The van der Waals surface area contributed by atoms with Crippen LogP contribution in [0.3, 0.4) is 0 Å². The van der Waals surface area contributed by atoms with E-state index in [-0.39, 0.29) is 16.5 Å². The number of morpholine rings is 1. The van der Waals surface area contributed by atoms with E-state index in [0.717, 1.165) is 9.79 Å². The Morgan fingerprint density at radius 2 is 1.70 bits per heavy atom. The second-order valence-corrected chi connectivity index (χ2v) is 8.72. The Kier molecular flexibility index (Phi) is 5.23. The first-order valence-electron chi connectivity index (χ1n) is 9.28. The van der Waals surface area contributed by atoms with Gasteiger partial charge in [0.25, 0.3) is 0 Å². The highest BCUT2D eigenvalue weighted by molar-refractivity contribution is 7.99. The first kappa shape index (κ1) is 19.9. The van der Waals surface area contributed by atoms with Gasteiger partial charge in [0.1, 0.15) is 10.7 Å². The van der Waals surface area contributed by atoms with Crippen molar-refractivity contribution >= 4 is 57.8 Å². The summed E-state index contributed by atoms with van der Waals surface area (Å²) >= 11 is 14.1. The molecule has 1 aromatic heterocycles. The van der Waals surface area contributed by atoms with Gasteiger partial charge in [0.15, 0.2) is 11.6 Å². The van der Waals surface area contributed by atoms with E-state index < -0.39 is 11.8 Å². The lowest BCUT2D eigenvalue weighted by Gasteiger charge is -2.35. The SMILES string of the molecule is Fc1nc(N2CCOCC2)c(F)c(N2c3ccccc3Sc3ccc(Cl)cc32)c1Cl. The van der Waals surface area contributed by atoms with Crippen molar-refractivity contribution in [1.29, 1.82) is 0 Å². The van der Waals surface area contributed by atoms with Crippen LogP contribution >= 0.6 is 35.0 Å². The van der Waals surface area contributed by atoms with Gasteiger partial charge in [0, 0.05) is 27.9 Å². The zero-order chi connectivity index (χ0) is 20.8. The number of anilines is 4. The molecule has 0 atom stereocenters. The molecule has 4 nitrogen and oxygen atoms in total. The third kappa shape index (κ3) is 3.30. The lowest BCUT2D eigenvalue weighted by atomic mass is 10.2. The second kappa shape index (κ2) is 7.89. The lowest BCUT2D eigenvalue weighted by molar-refractivity contribution is 0.122. The molecule has 3 heterocycles. The molecule has 5 rings (SSSR count). The number of benzene rings is 2. The fraction of sp³-hybridized carbons (Fsp3) is 0.190. The summed E-state index contributed by atoms with van der Waals surface area (Å²) in [6.45, 7) is 1.67. The largest absolute Gasteiger partial charge is 0.378 e. The minimum absolute atomic E-state index is 0.0746. The topological polar surface area (TPSA) is 28.6 Å². The molecule has 2 aromatic carbocycles. The molecule has 2 aliphatic rings. The summed E-state index contributed by atoms with van der Waals surface area (Å²) in [5.74, 6) is -1.68. The van der Waals surface area contributed by atoms with Crippen LogP contribution in [0.5, 0.6) is 0 Å². The van der Waals surface area contributed by atoms with Crippen molar-refractivity contribution in [2.45, 2.75) is 9.79 Å². The number of hydrogen-bond donors (Lipinski definition) is 0. The van der Waals surface area contributed by atoms with E-state index in [0.29, 0.717) is 42.7 Å². The van der Waals surface area contributed by atoms with Gasteiger partial charge in [0.2, 0.25) is 5.95 Å². The van der Waals surface area contributed by atoms with Gasteiger partial charge in [-0.3, -0.25) is 0 Å². The average Bonchev–Trinajstić information content (AvgIpc) is 2.76. The van der Waals surface area contributed by atoms with Crippen molar-refractivity contribution in [3.8, 4) is 0 Å². The summed E-state index contributed by atoms with van der Waals surface area (Å²) in [5.41, 5.74) is 1.24. The number of aromatic nitrogens is 1. The molecule has 0 saturated carbocycles. The maximum absolute atomic E-state index is 15.9. The van der Waals surface area contributed by atoms with Crippen LogP contribution in [-0.2, 0) is 4.74 Å². The molecule has 2 aliphatic heterocycles. The predicted molar refractivity (Wildman–Crippen MR) is 116 cm³/mol. The quantitative estimate of drug-likeness (QED) is 0.317. The standard InChI is InChI=1S/C21H15Cl2F2N3OS/c22-12-5-6-16-14(11-12)28(13-3-1-2-4-15(13)30-16)19-17(23)20(25)26-21(18(19)24)27-7-9-29-10-8-27/h1-6,11H,7-10H2. The number of ether oxygens (including phenoxy) is 1. The fourth-order valence-corrected chi connectivity index (χ4v) is 5.06. The van der Waals surface area contributed by atoms with Gasteiger partial charge in [-0.15, -0.1) is 0 Å². The van der Waals surface area contributed by atoms with E-state index in [1.165, 1.54) is 11.8 Å². The van der Waals surface area contributed by atoms with E-state index in [1.807, 2.05) is 30.3 Å². The monoisotopic (exact) mass is 465 g/mol. The van der Waals surface area contributed by atoms with Crippen LogP contribution in [0, 0.1) is 11.8 Å². The minimum atomic E-state index is -0.922. The maximum atomic E-state index is 15.9. The zero-order valence-electron chi connectivity index (χ0n) is 15.5. The van der Waals surface area contributed by atoms with Crippen molar-refractivity contribution < 1.29 is 13.5 Å². The molecule has 30 heavy (non-hydrogen) atoms. The molecule has 0 unspecified atom stereocenters. The van der Waals surface area contributed by atoms with E-state index in [4.69, 9.17) is 27.9 Å². The summed E-state index contributed by atoms with van der Waals surface area (Å²) in [7, 11) is 0. The summed E-state index contributed by atoms with van der Waals surface area (Å²) in [4.78, 5) is 8.87. The first-order valence-corrected chi connectivity index (χ1v) is 10.9. The third-order valence-corrected chi connectivity index (χ3v) is 6.72. The molecule has 9 heteroatoms. The lowest BCUT2D eigenvalue weighted by Crippen LogP contribution is -2.37. The van der Waals surface area contributed by atoms with Crippen molar-refractivity contribution in [3.05, 3.63) is 64.3 Å². The Morgan fingerprint density at radius 3 is 2.50 bits per heavy atom. The molecule has 0 bridgehead atoms. The van der Waals surface area contributed by atoms with Crippen LogP contribution in [0.1, 0.15) is 0 Å². The molecular formula is C21H15Cl2F2N3OS. The van der Waals surface area contributed by atoms with Gasteiger partial charge < -0.3 is 14.5 Å². The van der Waals surface area contributed by atoms with Crippen molar-refractivity contribution in [3.63, 3.8) is 0 Å². The Bertz CT molecular complexity index is 1140. The molecule has 154 valence electrons. The van der Waals surface area contributed by atoms with Crippen molar-refractivity contribution in [2.75, 3.05) is 36.1 Å². The number of para-hydroxylation sites is 1. The summed E-state index contributed by atoms with van der Waals surface area (Å²) in [6, 6.07) is 12.9. The van der Waals surface area contributed by atoms with E-state index in [2.05, 4.69) is 4.98 Å². The summed E-state index contributed by atoms with van der Waals surface area (Å²) in [6.07, 6.45) is 0. The Morgan fingerprint density at radius 1 is 0.967 bits per heavy atom. The zero-order valence-corrected chi connectivity index (χ0v) is 17.9. The van der Waals surface area contributed by atoms with Crippen LogP contribution in [0.15, 0.2) is 52.3 Å². The Hall–Kier alpha value is -2.06. The minimum Gasteiger partial charge on any atom is -0.378 e.